The smallest absolute Gasteiger partial charge is 0.268 e. The first-order valence-corrected chi connectivity index (χ1v) is 10.9. The van der Waals surface area contributed by atoms with Crippen LogP contribution in [-0.4, -0.2) is 29.3 Å². The molecule has 1 N–H and O–H groups in total. The number of nitrogens with one attached hydrogen (secondary N) is 1. The van der Waals surface area contributed by atoms with E-state index < -0.39 is 5.91 Å². The first-order valence-electron chi connectivity index (χ1n) is 10.1. The van der Waals surface area contributed by atoms with Gasteiger partial charge in [0.25, 0.3) is 5.91 Å². The van der Waals surface area contributed by atoms with Crippen molar-refractivity contribution in [3.8, 4) is 17.6 Å². The van der Waals surface area contributed by atoms with E-state index in [4.69, 9.17) is 9.47 Å². The molecule has 0 atom stereocenters. The minimum atomic E-state index is -0.521. The normalized spacial score (nSPS) is 11.2. The molecule has 0 saturated heterocycles. The van der Waals surface area contributed by atoms with Crippen molar-refractivity contribution in [2.75, 3.05) is 18.5 Å². The molecule has 0 unspecified atom stereocenters. The summed E-state index contributed by atoms with van der Waals surface area (Å²) < 4.78 is 11.3. The molecule has 2 aromatic carbocycles. The van der Waals surface area contributed by atoms with Crippen LogP contribution in [-0.2, 0) is 4.79 Å². The molecule has 0 radical (unpaired) electrons. The van der Waals surface area contributed by atoms with Crippen LogP contribution in [0.3, 0.4) is 0 Å². The van der Waals surface area contributed by atoms with E-state index in [9.17, 15) is 10.1 Å². The second-order valence-electron chi connectivity index (χ2n) is 7.30. The Bertz CT molecular complexity index is 1110. The van der Waals surface area contributed by atoms with Crippen molar-refractivity contribution in [1.29, 1.82) is 5.26 Å². The van der Waals surface area contributed by atoms with Crippen molar-refractivity contribution in [3.05, 3.63) is 70.2 Å². The summed E-state index contributed by atoms with van der Waals surface area (Å²) in [6.45, 7) is 6.84. The Hall–Kier alpha value is -3.70. The van der Waals surface area contributed by atoms with Crippen LogP contribution in [0.25, 0.3) is 6.08 Å². The van der Waals surface area contributed by atoms with Crippen LogP contribution in [0.5, 0.6) is 11.5 Å². The van der Waals surface area contributed by atoms with Gasteiger partial charge in [0.1, 0.15) is 41.4 Å². The third-order valence-corrected chi connectivity index (χ3v) is 5.49. The first kappa shape index (κ1) is 23.0. The molecule has 0 aliphatic rings. The SMILES string of the molecule is Cc1ccc(OCCOc2ccc(C=C(C#N)C(=O)Nc3nnc(C(C)C)s3)cc2)cc1. The van der Waals surface area contributed by atoms with Gasteiger partial charge in [-0.15, -0.1) is 10.2 Å². The van der Waals surface area contributed by atoms with Crippen LogP contribution in [0, 0.1) is 18.3 Å². The van der Waals surface area contributed by atoms with E-state index in [0.717, 1.165) is 10.8 Å². The van der Waals surface area contributed by atoms with Gasteiger partial charge in [-0.05, 0) is 42.8 Å². The Kier molecular flexibility index (Phi) is 7.95. The summed E-state index contributed by atoms with van der Waals surface area (Å²) in [6, 6.07) is 16.9. The highest BCUT2D eigenvalue weighted by molar-refractivity contribution is 7.15. The van der Waals surface area contributed by atoms with Gasteiger partial charge in [0.15, 0.2) is 0 Å². The Balaban J connectivity index is 1.52. The lowest BCUT2D eigenvalue weighted by molar-refractivity contribution is -0.112. The minimum absolute atomic E-state index is 0.0218. The van der Waals surface area contributed by atoms with Crippen molar-refractivity contribution < 1.29 is 14.3 Å². The van der Waals surface area contributed by atoms with Crippen molar-refractivity contribution in [1.82, 2.24) is 10.2 Å². The summed E-state index contributed by atoms with van der Waals surface area (Å²) in [6.07, 6.45) is 1.52. The Morgan fingerprint density at radius 3 is 2.19 bits per heavy atom. The van der Waals surface area contributed by atoms with E-state index >= 15 is 0 Å². The number of rotatable bonds is 9. The van der Waals surface area contributed by atoms with E-state index in [-0.39, 0.29) is 11.5 Å². The summed E-state index contributed by atoms with van der Waals surface area (Å²) in [5.74, 6) is 1.18. The number of nitrogens with zero attached hydrogens (tertiary/aromatic N) is 3. The summed E-state index contributed by atoms with van der Waals surface area (Å²) >= 11 is 1.30. The van der Waals surface area contributed by atoms with Gasteiger partial charge in [-0.3, -0.25) is 10.1 Å². The van der Waals surface area contributed by atoms with Crippen LogP contribution in [0.15, 0.2) is 54.1 Å². The van der Waals surface area contributed by atoms with Gasteiger partial charge < -0.3 is 9.47 Å². The lowest BCUT2D eigenvalue weighted by Gasteiger charge is -2.09. The van der Waals surface area contributed by atoms with E-state index in [1.54, 1.807) is 24.3 Å². The number of ether oxygens (including phenoxy) is 2. The van der Waals surface area contributed by atoms with Crippen LogP contribution < -0.4 is 14.8 Å². The molecule has 0 bridgehead atoms. The molecule has 3 rings (SSSR count). The highest BCUT2D eigenvalue weighted by atomic mass is 32.1. The largest absolute Gasteiger partial charge is 0.490 e. The number of benzene rings is 2. The lowest BCUT2D eigenvalue weighted by atomic mass is 10.1. The fraction of sp³-hybridized carbons (Fsp3) is 0.250. The number of hydrogen-bond acceptors (Lipinski definition) is 7. The maximum absolute atomic E-state index is 12.4. The van der Waals surface area contributed by atoms with Crippen LogP contribution >= 0.6 is 11.3 Å². The van der Waals surface area contributed by atoms with Gasteiger partial charge in [0.05, 0.1) is 0 Å². The van der Waals surface area contributed by atoms with Crippen LogP contribution in [0.2, 0.25) is 0 Å². The van der Waals surface area contributed by atoms with Gasteiger partial charge in [-0.2, -0.15) is 5.26 Å². The zero-order valence-corrected chi connectivity index (χ0v) is 19.0. The molecule has 8 heteroatoms. The maximum Gasteiger partial charge on any atom is 0.268 e. The molecule has 7 nitrogen and oxygen atoms in total. The fourth-order valence-electron chi connectivity index (χ4n) is 2.61. The Morgan fingerprint density at radius 1 is 1.06 bits per heavy atom. The standard InChI is InChI=1S/C24H24N4O3S/c1-16(2)23-27-28-24(32-23)26-22(29)19(15-25)14-18-6-10-21(11-7-18)31-13-12-30-20-8-4-17(3)5-9-20/h4-11,14,16H,12-13H2,1-3H3,(H,26,28,29). The van der Waals surface area contributed by atoms with Gasteiger partial charge in [0.2, 0.25) is 5.13 Å². The fourth-order valence-corrected chi connectivity index (χ4v) is 3.35. The van der Waals surface area contributed by atoms with Crippen molar-refractivity contribution in [2.45, 2.75) is 26.7 Å². The number of hydrogen-bond donors (Lipinski definition) is 1. The summed E-state index contributed by atoms with van der Waals surface area (Å²) in [4.78, 5) is 12.4. The van der Waals surface area contributed by atoms with E-state index in [2.05, 4.69) is 15.5 Å². The molecule has 32 heavy (non-hydrogen) atoms. The molecule has 3 aromatic rings. The third kappa shape index (κ3) is 6.65. The monoisotopic (exact) mass is 448 g/mol. The predicted molar refractivity (Wildman–Crippen MR) is 125 cm³/mol. The van der Waals surface area contributed by atoms with Gasteiger partial charge in [-0.25, -0.2) is 0 Å². The molecule has 0 fully saturated rings. The quantitative estimate of drug-likeness (QED) is 0.282. The third-order valence-electron chi connectivity index (χ3n) is 4.35. The zero-order valence-electron chi connectivity index (χ0n) is 18.2. The molecule has 1 heterocycles. The molecular formula is C24H24N4O3S. The van der Waals surface area contributed by atoms with Crippen LogP contribution in [0.1, 0.15) is 35.9 Å². The predicted octanol–water partition coefficient (Wildman–Crippen LogP) is 4.97. The molecular weight excluding hydrogens is 424 g/mol. The molecule has 0 saturated carbocycles. The van der Waals surface area contributed by atoms with Crippen molar-refractivity contribution >= 4 is 28.5 Å². The van der Waals surface area contributed by atoms with Crippen LogP contribution in [0.4, 0.5) is 5.13 Å². The molecule has 1 amide bonds. The van der Waals surface area contributed by atoms with Gasteiger partial charge in [-0.1, -0.05) is 55.0 Å². The summed E-state index contributed by atoms with van der Waals surface area (Å²) in [5.41, 5.74) is 1.87. The number of aromatic nitrogens is 2. The molecule has 0 aliphatic heterocycles. The zero-order chi connectivity index (χ0) is 22.9. The highest BCUT2D eigenvalue weighted by Gasteiger charge is 2.14. The average molecular weight is 449 g/mol. The molecule has 0 aliphatic carbocycles. The summed E-state index contributed by atoms with van der Waals surface area (Å²) in [5, 5.41) is 21.2. The number of anilines is 1. The topological polar surface area (TPSA) is 97.1 Å². The number of carbonyl (C=O) groups excluding carboxylic acids is 1. The summed E-state index contributed by atoms with van der Waals surface area (Å²) in [7, 11) is 0. The highest BCUT2D eigenvalue weighted by Crippen LogP contribution is 2.23. The molecule has 164 valence electrons. The number of amides is 1. The average Bonchev–Trinajstić information content (AvgIpc) is 3.26. The molecule has 0 spiro atoms. The number of nitriles is 1. The Morgan fingerprint density at radius 2 is 1.66 bits per heavy atom. The lowest BCUT2D eigenvalue weighted by Crippen LogP contribution is -2.13. The second kappa shape index (κ2) is 11.1. The second-order valence-corrected chi connectivity index (χ2v) is 8.31. The van der Waals surface area contributed by atoms with Gasteiger partial charge >= 0.3 is 0 Å². The minimum Gasteiger partial charge on any atom is -0.490 e. The number of carbonyl (C=O) groups is 1. The van der Waals surface area contributed by atoms with Crippen molar-refractivity contribution in [3.63, 3.8) is 0 Å². The van der Waals surface area contributed by atoms with Crippen molar-refractivity contribution in [2.24, 2.45) is 0 Å². The van der Waals surface area contributed by atoms with E-state index in [0.29, 0.717) is 29.7 Å². The van der Waals surface area contributed by atoms with E-state index in [1.165, 1.54) is 23.0 Å². The first-order chi connectivity index (χ1) is 15.4. The molecule has 1 aromatic heterocycles. The Labute approximate surface area is 191 Å². The number of aryl methyl sites for hydroxylation is 1. The van der Waals surface area contributed by atoms with E-state index in [1.807, 2.05) is 51.1 Å². The van der Waals surface area contributed by atoms with Gasteiger partial charge in [0, 0.05) is 5.92 Å². The maximum atomic E-state index is 12.4.